The van der Waals surface area contributed by atoms with Gasteiger partial charge in [0.05, 0.1) is 20.8 Å². The lowest BCUT2D eigenvalue weighted by Gasteiger charge is -2.37. The van der Waals surface area contributed by atoms with E-state index in [1.54, 1.807) is 21.3 Å². The number of nitrogens with one attached hydrogen (secondary N) is 1. The third-order valence-electron chi connectivity index (χ3n) is 4.72. The maximum atomic E-state index is 11.8. The molecular weight excluding hydrogens is 280 g/mol. The number of carbonyl (C=O) groups is 1. The van der Waals surface area contributed by atoms with Crippen LogP contribution >= 0.6 is 0 Å². The molecule has 3 rings (SSSR count). The molecule has 1 aromatic carbocycles. The molecule has 1 saturated carbocycles. The predicted molar refractivity (Wildman–Crippen MR) is 84.4 cm³/mol. The molecule has 5 heteroatoms. The first-order chi connectivity index (χ1) is 10.7. The van der Waals surface area contributed by atoms with Gasteiger partial charge in [-0.2, -0.15) is 0 Å². The first-order valence-corrected chi connectivity index (χ1v) is 7.87. The van der Waals surface area contributed by atoms with E-state index in [0.717, 1.165) is 24.5 Å². The Morgan fingerprint density at radius 3 is 2.55 bits per heavy atom. The molecule has 1 fully saturated rings. The SMILES string of the molecule is CNC(=O)CN1CCc2cc(OC)c(OC)cc2C1C1CC1. The van der Waals surface area contributed by atoms with Crippen LogP contribution in [0.2, 0.25) is 0 Å². The summed E-state index contributed by atoms with van der Waals surface area (Å²) in [4.78, 5) is 14.1. The van der Waals surface area contributed by atoms with E-state index < -0.39 is 0 Å². The maximum Gasteiger partial charge on any atom is 0.233 e. The lowest BCUT2D eigenvalue weighted by atomic mass is 9.89. The number of nitrogens with zero attached hydrogens (tertiary/aromatic N) is 1. The highest BCUT2D eigenvalue weighted by atomic mass is 16.5. The fraction of sp³-hybridized carbons (Fsp3) is 0.588. The fourth-order valence-corrected chi connectivity index (χ4v) is 3.43. The summed E-state index contributed by atoms with van der Waals surface area (Å²) in [5.74, 6) is 2.29. The molecule has 2 aliphatic rings. The molecule has 0 spiro atoms. The highest BCUT2D eigenvalue weighted by Gasteiger charge is 2.40. The number of ether oxygens (including phenoxy) is 2. The van der Waals surface area contributed by atoms with Crippen molar-refractivity contribution >= 4 is 5.91 Å². The van der Waals surface area contributed by atoms with E-state index in [-0.39, 0.29) is 5.91 Å². The number of likely N-dealkylation sites (N-methyl/N-ethyl adjacent to an activating group) is 1. The molecule has 0 bridgehead atoms. The fourth-order valence-electron chi connectivity index (χ4n) is 3.43. The van der Waals surface area contributed by atoms with E-state index in [1.165, 1.54) is 24.0 Å². The Labute approximate surface area is 131 Å². The molecule has 0 aromatic heterocycles. The van der Waals surface area contributed by atoms with Crippen LogP contribution < -0.4 is 14.8 Å². The van der Waals surface area contributed by atoms with Crippen LogP contribution in [0.5, 0.6) is 11.5 Å². The second-order valence-corrected chi connectivity index (χ2v) is 6.08. The highest BCUT2D eigenvalue weighted by molar-refractivity contribution is 5.77. The molecule has 120 valence electrons. The van der Waals surface area contributed by atoms with E-state index in [1.807, 2.05) is 0 Å². The normalized spacial score (nSPS) is 21.1. The van der Waals surface area contributed by atoms with Gasteiger partial charge in [0.2, 0.25) is 5.91 Å². The van der Waals surface area contributed by atoms with Gasteiger partial charge in [-0.25, -0.2) is 0 Å². The number of amides is 1. The molecule has 1 atom stereocenters. The quantitative estimate of drug-likeness (QED) is 0.900. The van der Waals surface area contributed by atoms with Crippen molar-refractivity contribution in [2.24, 2.45) is 5.92 Å². The van der Waals surface area contributed by atoms with Crippen molar-refractivity contribution in [1.82, 2.24) is 10.2 Å². The summed E-state index contributed by atoms with van der Waals surface area (Å²) >= 11 is 0. The second kappa shape index (κ2) is 6.16. The summed E-state index contributed by atoms with van der Waals surface area (Å²) in [6, 6.07) is 4.52. The number of benzene rings is 1. The molecule has 1 heterocycles. The van der Waals surface area contributed by atoms with Gasteiger partial charge in [0.15, 0.2) is 11.5 Å². The van der Waals surface area contributed by atoms with Crippen molar-refractivity contribution in [3.63, 3.8) is 0 Å². The average Bonchev–Trinajstić information content (AvgIpc) is 3.37. The minimum Gasteiger partial charge on any atom is -0.493 e. The van der Waals surface area contributed by atoms with Crippen molar-refractivity contribution in [3.05, 3.63) is 23.3 Å². The van der Waals surface area contributed by atoms with E-state index in [0.29, 0.717) is 18.5 Å². The molecule has 1 aromatic rings. The zero-order chi connectivity index (χ0) is 15.7. The Morgan fingerprint density at radius 2 is 1.95 bits per heavy atom. The van der Waals surface area contributed by atoms with Crippen LogP contribution in [0.3, 0.4) is 0 Å². The number of methoxy groups -OCH3 is 2. The highest BCUT2D eigenvalue weighted by Crippen LogP contribution is 2.49. The Morgan fingerprint density at radius 1 is 1.27 bits per heavy atom. The Bertz CT molecular complexity index is 569. The standard InChI is InChI=1S/C17H24N2O3/c1-18-16(20)10-19-7-6-12-8-14(21-2)15(22-3)9-13(12)17(19)11-4-5-11/h8-9,11,17H,4-7,10H2,1-3H3,(H,18,20). The largest absolute Gasteiger partial charge is 0.493 e. The van der Waals surface area contributed by atoms with Crippen molar-refractivity contribution in [1.29, 1.82) is 0 Å². The molecule has 1 aliphatic carbocycles. The van der Waals surface area contributed by atoms with Gasteiger partial charge in [-0.05, 0) is 48.4 Å². The van der Waals surface area contributed by atoms with Gasteiger partial charge in [0.25, 0.3) is 0 Å². The predicted octanol–water partition coefficient (Wildman–Crippen LogP) is 1.76. The molecule has 5 nitrogen and oxygen atoms in total. The van der Waals surface area contributed by atoms with Gasteiger partial charge in [-0.3, -0.25) is 9.69 Å². The smallest absolute Gasteiger partial charge is 0.233 e. The second-order valence-electron chi connectivity index (χ2n) is 6.08. The Kier molecular flexibility index (Phi) is 4.25. The molecule has 0 saturated heterocycles. The molecule has 0 radical (unpaired) electrons. The van der Waals surface area contributed by atoms with Crippen LogP contribution in [0, 0.1) is 5.92 Å². The Balaban J connectivity index is 1.95. The number of hydrogen-bond donors (Lipinski definition) is 1. The van der Waals surface area contributed by atoms with Gasteiger partial charge in [-0.1, -0.05) is 0 Å². The molecule has 1 aliphatic heterocycles. The minimum atomic E-state index is 0.0783. The molecule has 1 unspecified atom stereocenters. The van der Waals surface area contributed by atoms with Crippen LogP contribution in [0.25, 0.3) is 0 Å². The summed E-state index contributed by atoms with van der Waals surface area (Å²) in [5.41, 5.74) is 2.62. The van der Waals surface area contributed by atoms with Crippen LogP contribution in [0.4, 0.5) is 0 Å². The number of hydrogen-bond acceptors (Lipinski definition) is 4. The van der Waals surface area contributed by atoms with Gasteiger partial charge >= 0.3 is 0 Å². The van der Waals surface area contributed by atoms with Crippen molar-refractivity contribution in [3.8, 4) is 11.5 Å². The minimum absolute atomic E-state index is 0.0783. The summed E-state index contributed by atoms with van der Waals surface area (Å²) in [5, 5.41) is 2.73. The third kappa shape index (κ3) is 2.77. The third-order valence-corrected chi connectivity index (χ3v) is 4.72. The number of carbonyl (C=O) groups excluding carboxylic acids is 1. The van der Waals surface area contributed by atoms with Gasteiger partial charge in [-0.15, -0.1) is 0 Å². The molecule has 22 heavy (non-hydrogen) atoms. The summed E-state index contributed by atoms with van der Waals surface area (Å²) in [7, 11) is 5.03. The van der Waals surface area contributed by atoms with Crippen LogP contribution in [0.15, 0.2) is 12.1 Å². The van der Waals surface area contributed by atoms with E-state index in [9.17, 15) is 4.79 Å². The van der Waals surface area contributed by atoms with Crippen LogP contribution in [-0.2, 0) is 11.2 Å². The van der Waals surface area contributed by atoms with E-state index in [2.05, 4.69) is 22.3 Å². The average molecular weight is 304 g/mol. The summed E-state index contributed by atoms with van der Waals surface area (Å²) < 4.78 is 10.9. The first kappa shape index (κ1) is 15.2. The van der Waals surface area contributed by atoms with Crippen LogP contribution in [0.1, 0.15) is 30.0 Å². The van der Waals surface area contributed by atoms with Crippen LogP contribution in [-0.4, -0.2) is 45.2 Å². The zero-order valence-electron chi connectivity index (χ0n) is 13.5. The molecule has 1 N–H and O–H groups in total. The van der Waals surface area contributed by atoms with E-state index >= 15 is 0 Å². The summed E-state index contributed by atoms with van der Waals surface area (Å²) in [6.45, 7) is 1.38. The lowest BCUT2D eigenvalue weighted by molar-refractivity contribution is -0.122. The molecule has 1 amide bonds. The van der Waals surface area contributed by atoms with Crippen molar-refractivity contribution < 1.29 is 14.3 Å². The topological polar surface area (TPSA) is 50.8 Å². The van der Waals surface area contributed by atoms with Gasteiger partial charge in [0.1, 0.15) is 0 Å². The maximum absolute atomic E-state index is 11.8. The van der Waals surface area contributed by atoms with Crippen molar-refractivity contribution in [2.45, 2.75) is 25.3 Å². The summed E-state index contributed by atoms with van der Waals surface area (Å²) in [6.07, 6.45) is 3.42. The zero-order valence-corrected chi connectivity index (χ0v) is 13.5. The number of rotatable bonds is 5. The first-order valence-electron chi connectivity index (χ1n) is 7.87. The lowest BCUT2D eigenvalue weighted by Crippen LogP contribution is -2.42. The number of fused-ring (bicyclic) bond motifs is 1. The van der Waals surface area contributed by atoms with Crippen molar-refractivity contribution in [2.75, 3.05) is 34.4 Å². The molecular formula is C17H24N2O3. The van der Waals surface area contributed by atoms with Gasteiger partial charge < -0.3 is 14.8 Å². The van der Waals surface area contributed by atoms with Gasteiger partial charge in [0, 0.05) is 19.6 Å². The monoisotopic (exact) mass is 304 g/mol. The Hall–Kier alpha value is -1.75. The van der Waals surface area contributed by atoms with E-state index in [4.69, 9.17) is 9.47 Å².